The number of ether oxygens (including phenoxy) is 1. The molecule has 0 spiro atoms. The number of rotatable bonds is 10. The number of hydrogen-bond donors (Lipinski definition) is 0. The monoisotopic (exact) mass is 467 g/mol. The van der Waals surface area contributed by atoms with Gasteiger partial charge in [0, 0.05) is 6.42 Å². The Morgan fingerprint density at radius 2 is 1.43 bits per heavy atom. The molecule has 0 bridgehead atoms. The number of hydrogen-bond acceptors (Lipinski definition) is 3. The molecular formula is C31H33NO3. The number of unbranched alkanes of at least 4 members (excludes halogenated alkanes) is 2. The van der Waals surface area contributed by atoms with Gasteiger partial charge in [0.1, 0.15) is 5.60 Å². The fraction of sp³-hybridized carbons (Fsp3) is 0.290. The van der Waals surface area contributed by atoms with Crippen LogP contribution in [-0.2, 0) is 19.9 Å². The third kappa shape index (κ3) is 5.44. The lowest BCUT2D eigenvalue weighted by molar-refractivity contribution is -0.142. The fourth-order valence-electron chi connectivity index (χ4n) is 4.78. The smallest absolute Gasteiger partial charge is 0.253 e. The van der Waals surface area contributed by atoms with Gasteiger partial charge in [-0.1, -0.05) is 117 Å². The van der Waals surface area contributed by atoms with Gasteiger partial charge in [0.05, 0.1) is 12.6 Å². The topological polar surface area (TPSA) is 46.6 Å². The summed E-state index contributed by atoms with van der Waals surface area (Å²) in [6.07, 6.45) is 7.31. The number of likely N-dealkylation sites (tertiary alicyclic amines) is 1. The standard InChI is InChI=1S/C31H33NO3/c1-2-3-4-14-21-29(33)32-28(22-23-30(32)34)24-35-31(25-15-8-5-9-16-25,26-17-10-6-11-18-26)27-19-12-7-13-20-27/h5-21,28H,2-4,22-24H2,1H3/b21-14+/t28-/m0/s1. The van der Waals surface area contributed by atoms with E-state index in [2.05, 4.69) is 43.3 Å². The van der Waals surface area contributed by atoms with Crippen molar-refractivity contribution in [2.24, 2.45) is 0 Å². The molecule has 2 amide bonds. The summed E-state index contributed by atoms with van der Waals surface area (Å²) in [7, 11) is 0. The Hall–Kier alpha value is -3.50. The van der Waals surface area contributed by atoms with Crippen LogP contribution in [0, 0.1) is 0 Å². The SMILES string of the molecule is CCCC/C=C/C(=O)N1C(=O)CC[C@H]1COC(c1ccccc1)(c1ccccc1)c1ccccc1. The van der Waals surface area contributed by atoms with Gasteiger partial charge in [-0.15, -0.1) is 0 Å². The third-order valence-electron chi connectivity index (χ3n) is 6.58. The Kier molecular flexibility index (Phi) is 8.27. The van der Waals surface area contributed by atoms with E-state index in [0.29, 0.717) is 12.8 Å². The van der Waals surface area contributed by atoms with Gasteiger partial charge in [0.15, 0.2) is 0 Å². The molecule has 1 heterocycles. The van der Waals surface area contributed by atoms with Crippen LogP contribution < -0.4 is 0 Å². The van der Waals surface area contributed by atoms with Gasteiger partial charge in [0.25, 0.3) is 5.91 Å². The number of amides is 2. The molecule has 180 valence electrons. The largest absolute Gasteiger partial charge is 0.359 e. The zero-order valence-corrected chi connectivity index (χ0v) is 20.3. The Bertz CT molecular complexity index is 1030. The summed E-state index contributed by atoms with van der Waals surface area (Å²) in [5.74, 6) is -0.379. The first-order chi connectivity index (χ1) is 17.2. The molecule has 3 aromatic carbocycles. The number of nitrogens with zero attached hydrogens (tertiary/aromatic N) is 1. The van der Waals surface area contributed by atoms with Crippen LogP contribution in [0.25, 0.3) is 0 Å². The molecule has 0 aliphatic carbocycles. The first-order valence-electron chi connectivity index (χ1n) is 12.5. The molecule has 0 aromatic heterocycles. The lowest BCUT2D eigenvalue weighted by Gasteiger charge is -2.37. The minimum absolute atomic E-state index is 0.131. The molecule has 3 aromatic rings. The van der Waals surface area contributed by atoms with Crippen molar-refractivity contribution < 1.29 is 14.3 Å². The number of benzene rings is 3. The highest BCUT2D eigenvalue weighted by Crippen LogP contribution is 2.41. The van der Waals surface area contributed by atoms with E-state index in [1.54, 1.807) is 6.08 Å². The average molecular weight is 468 g/mol. The number of imide groups is 1. The van der Waals surface area contributed by atoms with Gasteiger partial charge >= 0.3 is 0 Å². The summed E-state index contributed by atoms with van der Waals surface area (Å²) in [4.78, 5) is 27.0. The van der Waals surface area contributed by atoms with E-state index in [-0.39, 0.29) is 24.5 Å². The maximum absolute atomic E-state index is 12.9. The van der Waals surface area contributed by atoms with Crippen LogP contribution in [0.2, 0.25) is 0 Å². The summed E-state index contributed by atoms with van der Waals surface area (Å²) in [5, 5.41) is 0. The molecule has 0 N–H and O–H groups in total. The van der Waals surface area contributed by atoms with Crippen molar-refractivity contribution >= 4 is 11.8 Å². The maximum atomic E-state index is 12.9. The van der Waals surface area contributed by atoms with Crippen molar-refractivity contribution in [2.45, 2.75) is 50.7 Å². The van der Waals surface area contributed by atoms with E-state index in [0.717, 1.165) is 36.0 Å². The number of carbonyl (C=O) groups is 2. The van der Waals surface area contributed by atoms with Crippen molar-refractivity contribution in [2.75, 3.05) is 6.61 Å². The molecule has 1 fully saturated rings. The number of carbonyl (C=O) groups excluding carboxylic acids is 2. The van der Waals surface area contributed by atoms with Crippen molar-refractivity contribution in [3.8, 4) is 0 Å². The first-order valence-corrected chi connectivity index (χ1v) is 12.5. The Labute approximate surface area is 208 Å². The van der Waals surface area contributed by atoms with Crippen LogP contribution in [0.1, 0.15) is 55.7 Å². The van der Waals surface area contributed by atoms with Crippen molar-refractivity contribution in [3.63, 3.8) is 0 Å². The average Bonchev–Trinajstić information content (AvgIpc) is 3.29. The van der Waals surface area contributed by atoms with Gasteiger partial charge in [0.2, 0.25) is 5.91 Å². The summed E-state index contributed by atoms with van der Waals surface area (Å²) in [6, 6.07) is 30.1. The summed E-state index contributed by atoms with van der Waals surface area (Å²) < 4.78 is 6.87. The highest BCUT2D eigenvalue weighted by molar-refractivity contribution is 6.02. The molecule has 4 rings (SSSR count). The van der Waals surface area contributed by atoms with Gasteiger partial charge in [-0.3, -0.25) is 14.5 Å². The highest BCUT2D eigenvalue weighted by atomic mass is 16.5. The zero-order valence-electron chi connectivity index (χ0n) is 20.3. The van der Waals surface area contributed by atoms with Gasteiger partial charge in [-0.05, 0) is 35.6 Å². The van der Waals surface area contributed by atoms with E-state index in [9.17, 15) is 9.59 Å². The van der Waals surface area contributed by atoms with E-state index in [1.165, 1.54) is 4.90 Å². The normalized spacial score (nSPS) is 16.2. The van der Waals surface area contributed by atoms with Crippen molar-refractivity contribution in [3.05, 3.63) is 120 Å². The van der Waals surface area contributed by atoms with Crippen LogP contribution in [0.4, 0.5) is 0 Å². The number of allylic oxidation sites excluding steroid dienone is 1. The van der Waals surface area contributed by atoms with Gasteiger partial charge < -0.3 is 4.74 Å². The Morgan fingerprint density at radius 3 is 1.91 bits per heavy atom. The molecule has 0 unspecified atom stereocenters. The van der Waals surface area contributed by atoms with E-state index in [4.69, 9.17) is 4.74 Å². The molecule has 1 saturated heterocycles. The lowest BCUT2D eigenvalue weighted by atomic mass is 9.80. The minimum Gasteiger partial charge on any atom is -0.359 e. The summed E-state index contributed by atoms with van der Waals surface area (Å²) in [6.45, 7) is 2.37. The molecule has 35 heavy (non-hydrogen) atoms. The lowest BCUT2D eigenvalue weighted by Crippen LogP contribution is -2.43. The minimum atomic E-state index is -0.874. The van der Waals surface area contributed by atoms with E-state index >= 15 is 0 Å². The van der Waals surface area contributed by atoms with Gasteiger partial charge in [-0.25, -0.2) is 0 Å². The van der Waals surface area contributed by atoms with Crippen LogP contribution in [0.3, 0.4) is 0 Å². The van der Waals surface area contributed by atoms with Crippen LogP contribution >= 0.6 is 0 Å². The Balaban J connectivity index is 1.69. The van der Waals surface area contributed by atoms with E-state index < -0.39 is 5.60 Å². The molecule has 4 heteroatoms. The first kappa shape index (κ1) is 24.6. The van der Waals surface area contributed by atoms with Crippen LogP contribution in [0.15, 0.2) is 103 Å². The quantitative estimate of drug-likeness (QED) is 0.201. The van der Waals surface area contributed by atoms with Gasteiger partial charge in [-0.2, -0.15) is 0 Å². The highest BCUT2D eigenvalue weighted by Gasteiger charge is 2.41. The predicted molar refractivity (Wildman–Crippen MR) is 139 cm³/mol. The second kappa shape index (κ2) is 11.8. The third-order valence-corrected chi connectivity index (χ3v) is 6.58. The molecule has 0 saturated carbocycles. The molecule has 1 aliphatic heterocycles. The molecular weight excluding hydrogens is 434 g/mol. The van der Waals surface area contributed by atoms with E-state index in [1.807, 2.05) is 60.7 Å². The van der Waals surface area contributed by atoms with Crippen LogP contribution in [-0.4, -0.2) is 29.4 Å². The van der Waals surface area contributed by atoms with Crippen molar-refractivity contribution in [1.29, 1.82) is 0 Å². The fourth-order valence-corrected chi connectivity index (χ4v) is 4.78. The Morgan fingerprint density at radius 1 is 0.914 bits per heavy atom. The second-order valence-corrected chi connectivity index (χ2v) is 8.93. The summed E-state index contributed by atoms with van der Waals surface area (Å²) in [5.41, 5.74) is 2.12. The molecule has 1 aliphatic rings. The molecule has 1 atom stereocenters. The zero-order chi connectivity index (χ0) is 24.5. The summed E-state index contributed by atoms with van der Waals surface area (Å²) >= 11 is 0. The second-order valence-electron chi connectivity index (χ2n) is 8.93. The predicted octanol–water partition coefficient (Wildman–Crippen LogP) is 6.26. The van der Waals surface area contributed by atoms with Crippen molar-refractivity contribution in [1.82, 2.24) is 4.90 Å². The molecule has 0 radical (unpaired) electrons. The maximum Gasteiger partial charge on any atom is 0.253 e. The molecule has 4 nitrogen and oxygen atoms in total. The van der Waals surface area contributed by atoms with Crippen LogP contribution in [0.5, 0.6) is 0 Å².